The number of amides is 1. The van der Waals surface area contributed by atoms with Gasteiger partial charge in [0.05, 0.1) is 12.3 Å². The van der Waals surface area contributed by atoms with Crippen molar-refractivity contribution in [2.75, 3.05) is 11.6 Å². The molecule has 1 N–H and O–H groups in total. The fraction of sp³-hybridized carbons (Fsp3) is 0.286. The number of nitrogens with one attached hydrogen (secondary N) is 1. The van der Waals surface area contributed by atoms with E-state index in [1.54, 1.807) is 19.1 Å². The van der Waals surface area contributed by atoms with Crippen LogP contribution >= 0.6 is 11.3 Å². The van der Waals surface area contributed by atoms with Crippen molar-refractivity contribution in [3.05, 3.63) is 34.8 Å². The molecular formula is C14H14N4O4S2. The largest absolute Gasteiger partial charge is 0.383 e. The molecule has 0 aliphatic rings. The Labute approximate surface area is 143 Å². The van der Waals surface area contributed by atoms with Gasteiger partial charge in [0.1, 0.15) is 16.7 Å². The Balaban J connectivity index is 2.08. The molecule has 2 rings (SSSR count). The SMILES string of the molecule is Cc1nnc(NC(=O)C(C#N)Cc2cccc(OS(C)(=O)=O)c2)s1. The smallest absolute Gasteiger partial charge is 0.306 e. The van der Waals surface area contributed by atoms with Crippen LogP contribution in [-0.2, 0) is 21.3 Å². The van der Waals surface area contributed by atoms with Crippen LogP contribution in [0.2, 0.25) is 0 Å². The average Bonchev–Trinajstić information content (AvgIpc) is 2.88. The standard InChI is InChI=1S/C14H14N4O4S2/c1-9-17-18-14(23-9)16-13(19)11(8-15)6-10-4-3-5-12(7-10)22-24(2,20)21/h3-5,7,11H,6H2,1-2H3,(H,16,18,19). The Kier molecular flexibility index (Phi) is 5.48. The number of rotatable bonds is 6. The fourth-order valence-electron chi connectivity index (χ4n) is 1.87. The van der Waals surface area contributed by atoms with E-state index in [2.05, 4.69) is 15.5 Å². The lowest BCUT2D eigenvalue weighted by Crippen LogP contribution is -2.23. The second-order valence-corrected chi connectivity index (χ2v) is 7.69. The lowest BCUT2D eigenvalue weighted by molar-refractivity contribution is -0.118. The summed E-state index contributed by atoms with van der Waals surface area (Å²) in [6, 6.07) is 8.17. The molecule has 0 saturated heterocycles. The molecule has 1 unspecified atom stereocenters. The summed E-state index contributed by atoms with van der Waals surface area (Å²) < 4.78 is 27.1. The number of hydrogen-bond acceptors (Lipinski definition) is 8. The van der Waals surface area contributed by atoms with E-state index in [9.17, 15) is 18.5 Å². The summed E-state index contributed by atoms with van der Waals surface area (Å²) in [7, 11) is -3.64. The maximum absolute atomic E-state index is 12.1. The Morgan fingerprint density at radius 2 is 2.21 bits per heavy atom. The van der Waals surface area contributed by atoms with Crippen LogP contribution in [-0.4, -0.2) is 30.8 Å². The van der Waals surface area contributed by atoms with Crippen molar-refractivity contribution in [2.24, 2.45) is 5.92 Å². The summed E-state index contributed by atoms with van der Waals surface area (Å²) >= 11 is 1.21. The highest BCUT2D eigenvalue weighted by Crippen LogP contribution is 2.19. The highest BCUT2D eigenvalue weighted by atomic mass is 32.2. The van der Waals surface area contributed by atoms with E-state index in [0.29, 0.717) is 15.7 Å². The van der Waals surface area contributed by atoms with Gasteiger partial charge in [-0.25, -0.2) is 0 Å². The molecule has 0 aliphatic heterocycles. The molecule has 0 aliphatic carbocycles. The third-order valence-electron chi connectivity index (χ3n) is 2.81. The van der Waals surface area contributed by atoms with Crippen molar-refractivity contribution in [2.45, 2.75) is 13.3 Å². The van der Waals surface area contributed by atoms with E-state index in [4.69, 9.17) is 4.18 Å². The van der Waals surface area contributed by atoms with Crippen molar-refractivity contribution in [3.8, 4) is 11.8 Å². The molecule has 0 saturated carbocycles. The molecule has 0 bridgehead atoms. The maximum atomic E-state index is 12.1. The number of hydrogen-bond donors (Lipinski definition) is 1. The summed E-state index contributed by atoms with van der Waals surface area (Å²) in [5, 5.41) is 20.4. The molecule has 1 aromatic heterocycles. The van der Waals surface area contributed by atoms with Gasteiger partial charge in [0, 0.05) is 0 Å². The van der Waals surface area contributed by atoms with Gasteiger partial charge in [-0.1, -0.05) is 23.5 Å². The first-order chi connectivity index (χ1) is 11.3. The van der Waals surface area contributed by atoms with Crippen molar-refractivity contribution >= 4 is 32.5 Å². The molecule has 1 amide bonds. The van der Waals surface area contributed by atoms with Crippen LogP contribution in [0.3, 0.4) is 0 Å². The Morgan fingerprint density at radius 3 is 2.79 bits per heavy atom. The summed E-state index contributed by atoms with van der Waals surface area (Å²) in [4.78, 5) is 12.1. The first-order valence-electron chi connectivity index (χ1n) is 6.76. The van der Waals surface area contributed by atoms with Crippen LogP contribution in [0.1, 0.15) is 10.6 Å². The highest BCUT2D eigenvalue weighted by molar-refractivity contribution is 7.86. The van der Waals surface area contributed by atoms with E-state index in [-0.39, 0.29) is 12.2 Å². The second kappa shape index (κ2) is 7.37. The molecule has 1 atom stereocenters. The Hall–Kier alpha value is -2.51. The average molecular weight is 366 g/mol. The molecule has 126 valence electrons. The number of anilines is 1. The Bertz CT molecular complexity index is 886. The third-order valence-corrected chi connectivity index (χ3v) is 4.06. The highest BCUT2D eigenvalue weighted by Gasteiger charge is 2.20. The summed E-state index contributed by atoms with van der Waals surface area (Å²) in [6.45, 7) is 1.75. The number of aryl methyl sites for hydroxylation is 1. The van der Waals surface area contributed by atoms with Gasteiger partial charge in [0.15, 0.2) is 0 Å². The predicted octanol–water partition coefficient (Wildman–Crippen LogP) is 1.51. The summed E-state index contributed by atoms with van der Waals surface area (Å²) in [6.07, 6.45) is 1.05. The van der Waals surface area contributed by atoms with Gasteiger partial charge in [0.25, 0.3) is 0 Å². The van der Waals surface area contributed by atoms with Crippen molar-refractivity contribution in [1.29, 1.82) is 5.26 Å². The van der Waals surface area contributed by atoms with Crippen LogP contribution in [0.4, 0.5) is 5.13 Å². The first-order valence-corrected chi connectivity index (χ1v) is 9.39. The molecule has 0 fully saturated rings. The second-order valence-electron chi connectivity index (χ2n) is 4.94. The topological polar surface area (TPSA) is 122 Å². The van der Waals surface area contributed by atoms with Gasteiger partial charge in [0.2, 0.25) is 11.0 Å². The quantitative estimate of drug-likeness (QED) is 0.769. The van der Waals surface area contributed by atoms with Gasteiger partial charge in [-0.3, -0.25) is 10.1 Å². The predicted molar refractivity (Wildman–Crippen MR) is 88.0 cm³/mol. The summed E-state index contributed by atoms with van der Waals surface area (Å²) in [5.74, 6) is -1.32. The first kappa shape index (κ1) is 17.8. The minimum Gasteiger partial charge on any atom is -0.383 e. The van der Waals surface area contributed by atoms with Crippen LogP contribution in [0.15, 0.2) is 24.3 Å². The van der Waals surface area contributed by atoms with Gasteiger partial charge >= 0.3 is 10.1 Å². The zero-order valence-corrected chi connectivity index (χ0v) is 14.5. The number of carbonyl (C=O) groups excluding carboxylic acids is 1. The monoisotopic (exact) mass is 366 g/mol. The van der Waals surface area contributed by atoms with E-state index < -0.39 is 21.9 Å². The number of carbonyl (C=O) groups is 1. The molecule has 0 spiro atoms. The van der Waals surface area contributed by atoms with E-state index in [1.807, 2.05) is 6.07 Å². The van der Waals surface area contributed by atoms with Crippen LogP contribution in [0.5, 0.6) is 5.75 Å². The number of nitrogens with zero attached hydrogens (tertiary/aromatic N) is 3. The van der Waals surface area contributed by atoms with E-state index in [0.717, 1.165) is 6.26 Å². The normalized spacial score (nSPS) is 12.2. The maximum Gasteiger partial charge on any atom is 0.306 e. The van der Waals surface area contributed by atoms with E-state index in [1.165, 1.54) is 23.5 Å². The van der Waals surface area contributed by atoms with Crippen molar-refractivity contribution < 1.29 is 17.4 Å². The molecular weight excluding hydrogens is 352 g/mol. The molecule has 2 aromatic rings. The fourth-order valence-corrected chi connectivity index (χ4v) is 2.92. The van der Waals surface area contributed by atoms with Gasteiger partial charge in [-0.05, 0) is 31.0 Å². The molecule has 24 heavy (non-hydrogen) atoms. The molecule has 10 heteroatoms. The van der Waals surface area contributed by atoms with Gasteiger partial charge < -0.3 is 4.18 Å². The Morgan fingerprint density at radius 1 is 1.46 bits per heavy atom. The lowest BCUT2D eigenvalue weighted by atomic mass is 10.00. The molecule has 1 heterocycles. The van der Waals surface area contributed by atoms with E-state index >= 15 is 0 Å². The van der Waals surface area contributed by atoms with Crippen LogP contribution < -0.4 is 9.50 Å². The lowest BCUT2D eigenvalue weighted by Gasteiger charge is -2.09. The van der Waals surface area contributed by atoms with Gasteiger partial charge in [-0.2, -0.15) is 13.7 Å². The van der Waals surface area contributed by atoms with Crippen molar-refractivity contribution in [1.82, 2.24) is 10.2 Å². The van der Waals surface area contributed by atoms with Crippen molar-refractivity contribution in [3.63, 3.8) is 0 Å². The molecule has 1 aromatic carbocycles. The number of aromatic nitrogens is 2. The number of nitriles is 1. The number of benzene rings is 1. The summed E-state index contributed by atoms with van der Waals surface area (Å²) in [5.41, 5.74) is 0.603. The molecule has 0 radical (unpaired) electrons. The zero-order chi connectivity index (χ0) is 17.7. The zero-order valence-electron chi connectivity index (χ0n) is 12.9. The molecule has 8 nitrogen and oxygen atoms in total. The minimum atomic E-state index is -3.64. The minimum absolute atomic E-state index is 0.112. The van der Waals surface area contributed by atoms with Crippen LogP contribution in [0, 0.1) is 24.2 Å². The van der Waals surface area contributed by atoms with Crippen LogP contribution in [0.25, 0.3) is 0 Å². The van der Waals surface area contributed by atoms with Gasteiger partial charge in [-0.15, -0.1) is 10.2 Å². The third kappa shape index (κ3) is 5.29.